The number of methoxy groups -OCH3 is 2. The zero-order valence-corrected chi connectivity index (χ0v) is 16.8. The summed E-state index contributed by atoms with van der Waals surface area (Å²) in [5.74, 6) is 3.21. The van der Waals surface area contributed by atoms with Crippen LogP contribution in [0, 0.1) is 6.92 Å². The van der Waals surface area contributed by atoms with Crippen LogP contribution in [0.3, 0.4) is 0 Å². The first kappa shape index (κ1) is 18.1. The van der Waals surface area contributed by atoms with Crippen molar-refractivity contribution in [3.8, 4) is 23.0 Å². The lowest BCUT2D eigenvalue weighted by Crippen LogP contribution is -2.50. The number of carbonyl (C=O) groups excluding carboxylic acids is 1. The third kappa shape index (κ3) is 2.80. The van der Waals surface area contributed by atoms with Crippen molar-refractivity contribution in [2.24, 2.45) is 0 Å². The number of ether oxygens (including phenoxy) is 4. The Labute approximate surface area is 169 Å². The van der Waals surface area contributed by atoms with Crippen LogP contribution in [0.2, 0.25) is 0 Å². The van der Waals surface area contributed by atoms with E-state index in [0.29, 0.717) is 12.3 Å². The summed E-state index contributed by atoms with van der Waals surface area (Å²) < 4.78 is 21.9. The van der Waals surface area contributed by atoms with E-state index in [0.717, 1.165) is 47.0 Å². The van der Waals surface area contributed by atoms with Crippen LogP contribution in [0.25, 0.3) is 0 Å². The summed E-state index contributed by atoms with van der Waals surface area (Å²) in [6.07, 6.45) is 0.838. The van der Waals surface area contributed by atoms with Crippen LogP contribution in [0.5, 0.6) is 23.0 Å². The molecule has 0 aromatic heterocycles. The maximum Gasteiger partial charge on any atom is 0.244 e. The summed E-state index contributed by atoms with van der Waals surface area (Å²) in [7, 11) is 3.33. The SMILES string of the molecule is COc1ccc(CN2C[C@@H]3C[C@H]2C(=O)N3c2ccc3c(c2)OCO3)c(OC)c1C. The predicted octanol–water partition coefficient (Wildman–Crippen LogP) is 2.73. The van der Waals surface area contributed by atoms with Gasteiger partial charge in [0.1, 0.15) is 11.5 Å². The number of likely N-dealkylation sites (tertiary alicyclic amines) is 1. The molecule has 0 spiro atoms. The summed E-state index contributed by atoms with van der Waals surface area (Å²) >= 11 is 0. The molecular weight excluding hydrogens is 372 g/mol. The van der Waals surface area contributed by atoms with Crippen LogP contribution >= 0.6 is 0 Å². The number of hydrogen-bond acceptors (Lipinski definition) is 6. The highest BCUT2D eigenvalue weighted by molar-refractivity contribution is 6.01. The lowest BCUT2D eigenvalue weighted by Gasteiger charge is -2.34. The second kappa shape index (κ2) is 6.84. The van der Waals surface area contributed by atoms with Crippen molar-refractivity contribution in [2.45, 2.75) is 32.0 Å². The van der Waals surface area contributed by atoms with Gasteiger partial charge in [0.2, 0.25) is 12.7 Å². The van der Waals surface area contributed by atoms with E-state index in [4.69, 9.17) is 18.9 Å². The average Bonchev–Trinajstić information content (AvgIpc) is 3.42. The van der Waals surface area contributed by atoms with Gasteiger partial charge in [-0.1, -0.05) is 6.07 Å². The van der Waals surface area contributed by atoms with Crippen molar-refractivity contribution >= 4 is 11.6 Å². The molecular formula is C22H24N2O5. The van der Waals surface area contributed by atoms with E-state index in [-0.39, 0.29) is 24.8 Å². The van der Waals surface area contributed by atoms with Gasteiger partial charge in [0.05, 0.1) is 26.3 Å². The number of nitrogens with zero attached hydrogens (tertiary/aromatic N) is 2. The van der Waals surface area contributed by atoms with Crippen LogP contribution in [-0.2, 0) is 11.3 Å². The highest BCUT2D eigenvalue weighted by Crippen LogP contribution is 2.42. The maximum atomic E-state index is 13.2. The first-order chi connectivity index (χ1) is 14.1. The molecule has 0 unspecified atom stereocenters. The first-order valence-corrected chi connectivity index (χ1v) is 9.78. The fraction of sp³-hybridized carbons (Fsp3) is 0.409. The molecule has 3 aliphatic rings. The zero-order chi connectivity index (χ0) is 20.1. The molecule has 0 radical (unpaired) electrons. The third-order valence-corrected chi connectivity index (χ3v) is 6.14. The predicted molar refractivity (Wildman–Crippen MR) is 107 cm³/mol. The van der Waals surface area contributed by atoms with Crippen LogP contribution in [0.1, 0.15) is 17.5 Å². The Bertz CT molecular complexity index is 976. The number of hydrogen-bond donors (Lipinski definition) is 0. The smallest absolute Gasteiger partial charge is 0.244 e. The molecule has 0 N–H and O–H groups in total. The molecule has 3 heterocycles. The topological polar surface area (TPSA) is 60.5 Å². The molecule has 5 rings (SSSR count). The molecule has 7 nitrogen and oxygen atoms in total. The molecule has 29 heavy (non-hydrogen) atoms. The van der Waals surface area contributed by atoms with Gasteiger partial charge in [0, 0.05) is 36.0 Å². The summed E-state index contributed by atoms with van der Waals surface area (Å²) in [5, 5.41) is 0. The fourth-order valence-corrected chi connectivity index (χ4v) is 4.79. The highest BCUT2D eigenvalue weighted by atomic mass is 16.7. The third-order valence-electron chi connectivity index (χ3n) is 6.14. The Balaban J connectivity index is 1.36. The monoisotopic (exact) mass is 396 g/mol. The molecule has 2 fully saturated rings. The molecule has 2 bridgehead atoms. The van der Waals surface area contributed by atoms with Crippen LogP contribution < -0.4 is 23.8 Å². The number of piperazine rings is 1. The van der Waals surface area contributed by atoms with Crippen molar-refractivity contribution in [1.29, 1.82) is 0 Å². The van der Waals surface area contributed by atoms with E-state index in [1.165, 1.54) is 0 Å². The van der Waals surface area contributed by atoms with Crippen LogP contribution in [-0.4, -0.2) is 50.4 Å². The summed E-state index contributed by atoms with van der Waals surface area (Å²) in [6, 6.07) is 9.75. The minimum atomic E-state index is -0.113. The summed E-state index contributed by atoms with van der Waals surface area (Å²) in [4.78, 5) is 17.3. The Morgan fingerprint density at radius 3 is 2.69 bits per heavy atom. The lowest BCUT2D eigenvalue weighted by molar-refractivity contribution is -0.122. The second-order valence-corrected chi connectivity index (χ2v) is 7.67. The molecule has 3 aliphatic heterocycles. The van der Waals surface area contributed by atoms with Crippen molar-refractivity contribution in [3.63, 3.8) is 0 Å². The van der Waals surface area contributed by atoms with Gasteiger partial charge < -0.3 is 23.8 Å². The Morgan fingerprint density at radius 1 is 1.10 bits per heavy atom. The van der Waals surface area contributed by atoms with E-state index < -0.39 is 0 Å². The summed E-state index contributed by atoms with van der Waals surface area (Å²) in [6.45, 7) is 3.73. The Morgan fingerprint density at radius 2 is 1.93 bits per heavy atom. The van der Waals surface area contributed by atoms with Crippen molar-refractivity contribution in [1.82, 2.24) is 4.90 Å². The quantitative estimate of drug-likeness (QED) is 0.775. The molecule has 2 saturated heterocycles. The van der Waals surface area contributed by atoms with Gasteiger partial charge in [0.15, 0.2) is 11.5 Å². The first-order valence-electron chi connectivity index (χ1n) is 9.78. The zero-order valence-electron chi connectivity index (χ0n) is 16.8. The molecule has 0 aliphatic carbocycles. The average molecular weight is 396 g/mol. The van der Waals surface area contributed by atoms with Crippen molar-refractivity contribution < 1.29 is 23.7 Å². The fourth-order valence-electron chi connectivity index (χ4n) is 4.79. The van der Waals surface area contributed by atoms with Crippen molar-refractivity contribution in [3.05, 3.63) is 41.5 Å². The van der Waals surface area contributed by atoms with E-state index in [9.17, 15) is 4.79 Å². The Hall–Kier alpha value is -2.93. The van der Waals surface area contributed by atoms with E-state index >= 15 is 0 Å². The maximum absolute atomic E-state index is 13.2. The van der Waals surface area contributed by atoms with Gasteiger partial charge >= 0.3 is 0 Å². The van der Waals surface area contributed by atoms with E-state index in [1.807, 2.05) is 42.2 Å². The van der Waals surface area contributed by atoms with E-state index in [2.05, 4.69) is 4.90 Å². The molecule has 7 heteroatoms. The van der Waals surface area contributed by atoms with Crippen LogP contribution in [0.4, 0.5) is 5.69 Å². The molecule has 2 aromatic rings. The van der Waals surface area contributed by atoms with Gasteiger partial charge in [-0.15, -0.1) is 0 Å². The molecule has 2 aromatic carbocycles. The minimum Gasteiger partial charge on any atom is -0.496 e. The highest BCUT2D eigenvalue weighted by Gasteiger charge is 2.50. The van der Waals surface area contributed by atoms with Gasteiger partial charge in [0.25, 0.3) is 0 Å². The molecule has 2 atom stereocenters. The largest absolute Gasteiger partial charge is 0.496 e. The van der Waals surface area contributed by atoms with Crippen LogP contribution in [0.15, 0.2) is 30.3 Å². The van der Waals surface area contributed by atoms with Gasteiger partial charge in [-0.3, -0.25) is 9.69 Å². The lowest BCUT2D eigenvalue weighted by atomic mass is 10.1. The number of anilines is 1. The number of benzene rings is 2. The number of carbonyl (C=O) groups is 1. The number of amides is 1. The molecule has 1 amide bonds. The summed E-state index contributed by atoms with van der Waals surface area (Å²) in [5.41, 5.74) is 2.93. The number of fused-ring (bicyclic) bond motifs is 3. The second-order valence-electron chi connectivity index (χ2n) is 7.67. The van der Waals surface area contributed by atoms with Gasteiger partial charge in [-0.05, 0) is 31.5 Å². The standard InChI is InChI=1S/C22H24N2O5/c1-13-18(26-2)6-4-14(21(13)27-3)10-23-11-16-8-17(23)22(25)24(16)15-5-7-19-20(9-15)29-12-28-19/h4-7,9,16-17H,8,10-12H2,1-3H3/t16-,17-/m0/s1. The molecule has 0 saturated carbocycles. The van der Waals surface area contributed by atoms with Gasteiger partial charge in [-0.2, -0.15) is 0 Å². The van der Waals surface area contributed by atoms with Gasteiger partial charge in [-0.25, -0.2) is 0 Å². The Kier molecular flexibility index (Phi) is 4.28. The molecule has 152 valence electrons. The van der Waals surface area contributed by atoms with Crippen molar-refractivity contribution in [2.75, 3.05) is 32.5 Å². The minimum absolute atomic E-state index is 0.113. The van der Waals surface area contributed by atoms with E-state index in [1.54, 1.807) is 14.2 Å². The normalized spacial score (nSPS) is 22.4. The number of rotatable bonds is 5.